The zero-order valence-electron chi connectivity index (χ0n) is 28.7. The maximum absolute atomic E-state index is 14.0. The highest BCUT2D eigenvalue weighted by molar-refractivity contribution is 6.48. The molecule has 248 valence electrons. The fourth-order valence-corrected chi connectivity index (χ4v) is 7.76. The van der Waals surface area contributed by atoms with Crippen molar-refractivity contribution in [2.75, 3.05) is 6.54 Å². The summed E-state index contributed by atoms with van der Waals surface area (Å²) in [6.07, 6.45) is 5.87. The first-order chi connectivity index (χ1) is 21.8. The van der Waals surface area contributed by atoms with E-state index < -0.39 is 24.7 Å². The number of aryl methyl sites for hydroxylation is 2. The third-order valence-corrected chi connectivity index (χ3v) is 10.8. The highest BCUT2D eigenvalue weighted by atomic mass is 16.7. The molecule has 3 saturated carbocycles. The molecule has 2 bridgehead atoms. The lowest BCUT2D eigenvalue weighted by atomic mass is 9.43. The molecular formula is C37H52BN3O5. The zero-order chi connectivity index (χ0) is 33.2. The van der Waals surface area contributed by atoms with Crippen molar-refractivity contribution in [1.29, 1.82) is 0 Å². The summed E-state index contributed by atoms with van der Waals surface area (Å²) >= 11 is 0. The van der Waals surface area contributed by atoms with Crippen LogP contribution in [0.3, 0.4) is 0 Å². The summed E-state index contributed by atoms with van der Waals surface area (Å²) in [6, 6.07) is 13.7. The summed E-state index contributed by atoms with van der Waals surface area (Å²) in [5, 5.41) is 8.93. The van der Waals surface area contributed by atoms with Gasteiger partial charge < -0.3 is 25.3 Å². The van der Waals surface area contributed by atoms with E-state index in [1.54, 1.807) is 24.3 Å². The van der Waals surface area contributed by atoms with Gasteiger partial charge in [0.2, 0.25) is 5.91 Å². The highest BCUT2D eigenvalue weighted by Gasteiger charge is 2.68. The number of hydrogen-bond acceptors (Lipinski definition) is 5. The number of hydrogen-bond donors (Lipinski definition) is 3. The SMILES string of the molecule is CCCCc1ccc(C(=O)N[C@@H](CNC(=O)c2ccc(C)cc2)C(=O)N[C@@H](CC(C)C)B2O[C@@H]3C[C@@H]4C[C@@H](C4(C)C)[C@]3(C)O2)cc1. The molecule has 1 heterocycles. The van der Waals surface area contributed by atoms with Crippen molar-refractivity contribution in [3.63, 3.8) is 0 Å². The third-order valence-electron chi connectivity index (χ3n) is 10.8. The van der Waals surface area contributed by atoms with Gasteiger partial charge in [-0.2, -0.15) is 0 Å². The number of benzene rings is 2. The molecule has 9 heteroatoms. The maximum Gasteiger partial charge on any atom is 0.481 e. The van der Waals surface area contributed by atoms with Crippen LogP contribution < -0.4 is 16.0 Å². The van der Waals surface area contributed by atoms with E-state index in [2.05, 4.69) is 57.5 Å². The van der Waals surface area contributed by atoms with Gasteiger partial charge in [-0.1, -0.05) is 70.9 Å². The lowest BCUT2D eigenvalue weighted by Crippen LogP contribution is -2.65. The molecular weight excluding hydrogens is 577 g/mol. The van der Waals surface area contributed by atoms with Crippen LogP contribution in [0.4, 0.5) is 0 Å². The third kappa shape index (κ3) is 7.20. The number of nitrogens with one attached hydrogen (secondary N) is 3. The van der Waals surface area contributed by atoms with Crippen molar-refractivity contribution in [1.82, 2.24) is 16.0 Å². The largest absolute Gasteiger partial charge is 0.481 e. The first-order valence-electron chi connectivity index (χ1n) is 17.2. The average Bonchev–Trinajstić information content (AvgIpc) is 3.39. The number of unbranched alkanes of at least 4 members (excludes halogenated alkanes) is 1. The molecule has 8 nitrogen and oxygen atoms in total. The fourth-order valence-electron chi connectivity index (χ4n) is 7.76. The van der Waals surface area contributed by atoms with Gasteiger partial charge in [0.25, 0.3) is 11.8 Å². The second kappa shape index (κ2) is 13.9. The van der Waals surface area contributed by atoms with Gasteiger partial charge in [-0.25, -0.2) is 0 Å². The molecule has 6 rings (SSSR count). The Morgan fingerprint density at radius 2 is 1.59 bits per heavy atom. The quantitative estimate of drug-likeness (QED) is 0.248. The van der Waals surface area contributed by atoms with Crippen LogP contribution in [0.2, 0.25) is 0 Å². The molecule has 4 aliphatic rings. The second-order valence-corrected chi connectivity index (χ2v) is 15.0. The lowest BCUT2D eigenvalue weighted by molar-refractivity contribution is -0.199. The average molecular weight is 630 g/mol. The Bertz CT molecular complexity index is 1390. The van der Waals surface area contributed by atoms with E-state index in [1.807, 2.05) is 31.2 Å². The van der Waals surface area contributed by atoms with Crippen LogP contribution in [0.15, 0.2) is 48.5 Å². The molecule has 0 radical (unpaired) electrons. The molecule has 3 amide bonds. The normalized spacial score (nSPS) is 25.7. The van der Waals surface area contributed by atoms with E-state index in [0.29, 0.717) is 29.4 Å². The Morgan fingerprint density at radius 1 is 0.935 bits per heavy atom. The van der Waals surface area contributed by atoms with Crippen molar-refractivity contribution < 1.29 is 23.7 Å². The molecule has 3 N–H and O–H groups in total. The minimum atomic E-state index is -1.01. The smallest absolute Gasteiger partial charge is 0.404 e. The molecule has 1 aliphatic heterocycles. The first kappa shape index (κ1) is 34.2. The summed E-state index contributed by atoms with van der Waals surface area (Å²) in [7, 11) is -0.592. The van der Waals surface area contributed by atoms with Crippen molar-refractivity contribution in [3.8, 4) is 0 Å². The summed E-state index contributed by atoms with van der Waals surface area (Å²) < 4.78 is 13.3. The summed E-state index contributed by atoms with van der Waals surface area (Å²) in [6.45, 7) is 15.1. The van der Waals surface area contributed by atoms with E-state index in [0.717, 1.165) is 37.7 Å². The number of carbonyl (C=O) groups excluding carboxylic acids is 3. The Hall–Kier alpha value is -3.17. The van der Waals surface area contributed by atoms with Crippen LogP contribution in [0.25, 0.3) is 0 Å². The van der Waals surface area contributed by atoms with E-state index in [4.69, 9.17) is 9.31 Å². The van der Waals surface area contributed by atoms with Crippen molar-refractivity contribution in [3.05, 3.63) is 70.8 Å². The summed E-state index contributed by atoms with van der Waals surface area (Å²) in [5.74, 6) is -0.207. The van der Waals surface area contributed by atoms with Gasteiger partial charge in [-0.15, -0.1) is 0 Å². The molecule has 6 atom stereocenters. The Kier molecular flexibility index (Phi) is 10.3. The van der Waals surface area contributed by atoms with Crippen LogP contribution >= 0.6 is 0 Å². The van der Waals surface area contributed by atoms with Crippen molar-refractivity contribution in [2.45, 2.75) is 111 Å². The van der Waals surface area contributed by atoms with E-state index in [9.17, 15) is 14.4 Å². The molecule has 1 saturated heterocycles. The van der Waals surface area contributed by atoms with Gasteiger partial charge in [-0.3, -0.25) is 14.4 Å². The van der Waals surface area contributed by atoms with Crippen LogP contribution in [-0.4, -0.2) is 55.1 Å². The predicted molar refractivity (Wildman–Crippen MR) is 181 cm³/mol. The predicted octanol–water partition coefficient (Wildman–Crippen LogP) is 5.66. The van der Waals surface area contributed by atoms with Crippen molar-refractivity contribution >= 4 is 24.8 Å². The summed E-state index contributed by atoms with van der Waals surface area (Å²) in [4.78, 5) is 40.4. The zero-order valence-corrected chi connectivity index (χ0v) is 28.7. The molecule has 0 unspecified atom stereocenters. The van der Waals surface area contributed by atoms with Gasteiger partial charge >= 0.3 is 7.12 Å². The molecule has 0 aromatic heterocycles. The minimum Gasteiger partial charge on any atom is -0.404 e. The van der Waals surface area contributed by atoms with Gasteiger partial charge in [0.1, 0.15) is 6.04 Å². The van der Waals surface area contributed by atoms with Crippen LogP contribution in [0, 0.1) is 30.1 Å². The monoisotopic (exact) mass is 629 g/mol. The van der Waals surface area contributed by atoms with E-state index in [1.165, 1.54) is 5.56 Å². The Morgan fingerprint density at radius 3 is 2.22 bits per heavy atom. The van der Waals surface area contributed by atoms with E-state index in [-0.39, 0.29) is 41.7 Å². The molecule has 3 aliphatic carbocycles. The maximum atomic E-state index is 14.0. The van der Waals surface area contributed by atoms with Crippen LogP contribution in [0.5, 0.6) is 0 Å². The first-order valence-corrected chi connectivity index (χ1v) is 17.2. The number of carbonyl (C=O) groups is 3. The second-order valence-electron chi connectivity index (χ2n) is 15.0. The van der Waals surface area contributed by atoms with Crippen LogP contribution in [-0.2, 0) is 20.5 Å². The topological polar surface area (TPSA) is 106 Å². The van der Waals surface area contributed by atoms with E-state index >= 15 is 0 Å². The molecule has 2 aromatic rings. The Balaban J connectivity index is 1.31. The van der Waals surface area contributed by atoms with Gasteiger partial charge in [-0.05, 0) is 98.9 Å². The van der Waals surface area contributed by atoms with Gasteiger partial charge in [0.15, 0.2) is 0 Å². The number of amides is 3. The summed E-state index contributed by atoms with van der Waals surface area (Å²) in [5.41, 5.74) is 2.97. The standard InChI is InChI=1S/C37H52BN3O5/c1-8-9-10-25-13-17-27(18-14-25)34(43)40-29(22-39-33(42)26-15-11-24(4)12-16-26)35(44)41-32(19-23(2)3)38-45-31-21-28-20-30(36(28,5)6)37(31,7)46-38/h11-18,23,28-32H,8-10,19-22H2,1-7H3,(H,39,42)(H,40,43)(H,41,44)/t28-,29-,30-,31+,32-,37-/m0/s1. The molecule has 46 heavy (non-hydrogen) atoms. The fraction of sp³-hybridized carbons (Fsp3) is 0.595. The Labute approximate surface area is 275 Å². The van der Waals surface area contributed by atoms with Gasteiger partial charge in [0.05, 0.1) is 17.6 Å². The highest BCUT2D eigenvalue weighted by Crippen LogP contribution is 2.65. The van der Waals surface area contributed by atoms with Gasteiger partial charge in [0, 0.05) is 17.7 Å². The lowest BCUT2D eigenvalue weighted by Gasteiger charge is -2.64. The van der Waals surface area contributed by atoms with Crippen molar-refractivity contribution in [2.24, 2.45) is 23.2 Å². The number of rotatable bonds is 13. The molecule has 2 aromatic carbocycles. The minimum absolute atomic E-state index is 0.00886. The molecule has 4 fully saturated rings. The van der Waals surface area contributed by atoms with Crippen LogP contribution in [0.1, 0.15) is 105 Å². The molecule has 0 spiro atoms.